The number of likely N-dealkylation sites (tertiary alicyclic amines) is 1. The van der Waals surface area contributed by atoms with Gasteiger partial charge in [-0.25, -0.2) is 0 Å². The van der Waals surface area contributed by atoms with E-state index in [4.69, 9.17) is 4.74 Å². The van der Waals surface area contributed by atoms with E-state index in [9.17, 15) is 25.1 Å². The molecule has 0 aromatic heterocycles. The topological polar surface area (TPSA) is 113 Å². The summed E-state index contributed by atoms with van der Waals surface area (Å²) in [6.45, 7) is 0.0281. The summed E-state index contributed by atoms with van der Waals surface area (Å²) in [6, 6.07) is 3.67. The van der Waals surface area contributed by atoms with Crippen molar-refractivity contribution < 1.29 is 24.7 Å². The van der Waals surface area contributed by atoms with Gasteiger partial charge in [-0.3, -0.25) is 14.9 Å². The maximum absolute atomic E-state index is 12.3. The Morgan fingerprint density at radius 2 is 2.00 bits per heavy atom. The van der Waals surface area contributed by atoms with E-state index >= 15 is 0 Å². The number of benzene rings is 1. The zero-order valence-electron chi connectivity index (χ0n) is 10.7. The van der Waals surface area contributed by atoms with E-state index in [-0.39, 0.29) is 30.1 Å². The highest BCUT2D eigenvalue weighted by Gasteiger charge is 2.34. The Morgan fingerprint density at radius 3 is 2.50 bits per heavy atom. The van der Waals surface area contributed by atoms with Crippen molar-refractivity contribution in [2.24, 2.45) is 0 Å². The lowest BCUT2D eigenvalue weighted by Crippen LogP contribution is -2.30. The first-order valence-electron chi connectivity index (χ1n) is 5.92. The molecule has 0 saturated carbocycles. The van der Waals surface area contributed by atoms with E-state index in [0.29, 0.717) is 0 Å². The van der Waals surface area contributed by atoms with Crippen LogP contribution in [0.2, 0.25) is 0 Å². The summed E-state index contributed by atoms with van der Waals surface area (Å²) in [5, 5.41) is 29.6. The van der Waals surface area contributed by atoms with Crippen molar-refractivity contribution in [1.29, 1.82) is 0 Å². The van der Waals surface area contributed by atoms with Gasteiger partial charge in [0, 0.05) is 19.2 Å². The van der Waals surface area contributed by atoms with Crippen LogP contribution in [-0.4, -0.2) is 58.4 Å². The monoisotopic (exact) mass is 282 g/mol. The van der Waals surface area contributed by atoms with Crippen LogP contribution < -0.4 is 4.74 Å². The van der Waals surface area contributed by atoms with Gasteiger partial charge in [0.05, 0.1) is 35.9 Å². The highest BCUT2D eigenvalue weighted by atomic mass is 16.6. The third-order valence-corrected chi connectivity index (χ3v) is 3.17. The average molecular weight is 282 g/mol. The summed E-state index contributed by atoms with van der Waals surface area (Å²) < 4.78 is 4.99. The molecule has 1 aromatic carbocycles. The summed E-state index contributed by atoms with van der Waals surface area (Å²) in [4.78, 5) is 23.6. The Balaban J connectivity index is 2.28. The lowest BCUT2D eigenvalue weighted by Gasteiger charge is -2.17. The molecule has 1 heterocycles. The summed E-state index contributed by atoms with van der Waals surface area (Å²) in [7, 11) is 1.31. The van der Waals surface area contributed by atoms with Crippen LogP contribution in [0.15, 0.2) is 18.2 Å². The van der Waals surface area contributed by atoms with Crippen LogP contribution in [0.1, 0.15) is 10.4 Å². The van der Waals surface area contributed by atoms with E-state index in [1.165, 1.54) is 24.1 Å². The predicted octanol–water partition coefficient (Wildman–Crippen LogP) is -0.219. The fourth-order valence-electron chi connectivity index (χ4n) is 2.08. The van der Waals surface area contributed by atoms with Crippen molar-refractivity contribution in [3.05, 3.63) is 33.9 Å². The average Bonchev–Trinajstić information content (AvgIpc) is 2.77. The minimum Gasteiger partial charge on any atom is -0.496 e. The van der Waals surface area contributed by atoms with E-state index in [1.807, 2.05) is 0 Å². The van der Waals surface area contributed by atoms with E-state index < -0.39 is 23.0 Å². The van der Waals surface area contributed by atoms with Crippen LogP contribution in [0.5, 0.6) is 5.75 Å². The molecule has 0 aliphatic carbocycles. The number of β-amino-alcohol motifs (C(OH)–C–C–N with tert-alkyl or cyclic N) is 2. The number of non-ortho nitro benzene ring substituents is 1. The van der Waals surface area contributed by atoms with Crippen LogP contribution in [0, 0.1) is 10.1 Å². The highest BCUT2D eigenvalue weighted by molar-refractivity contribution is 5.97. The standard InChI is InChI=1S/C12H14N2O6/c1-20-11-4-7(14(18)19)2-3-8(11)12(17)13-5-9(15)10(16)6-13/h2-4,9-10,15-16H,5-6H2,1H3/t9-,10+. The molecule has 1 amide bonds. The Bertz CT molecular complexity index is 537. The van der Waals surface area contributed by atoms with Crippen molar-refractivity contribution in [2.75, 3.05) is 20.2 Å². The number of methoxy groups -OCH3 is 1. The second kappa shape index (κ2) is 5.43. The Hall–Kier alpha value is -2.19. The number of nitrogens with zero attached hydrogens (tertiary/aromatic N) is 2. The summed E-state index contributed by atoms with van der Waals surface area (Å²) in [6.07, 6.45) is -1.97. The lowest BCUT2D eigenvalue weighted by atomic mass is 10.1. The molecular formula is C12H14N2O6. The van der Waals surface area contributed by atoms with Crippen molar-refractivity contribution in [3.8, 4) is 5.75 Å². The number of carbonyl (C=O) groups is 1. The van der Waals surface area contributed by atoms with Gasteiger partial charge in [0.2, 0.25) is 0 Å². The number of amides is 1. The molecule has 108 valence electrons. The first-order valence-corrected chi connectivity index (χ1v) is 5.92. The van der Waals surface area contributed by atoms with E-state index in [2.05, 4.69) is 0 Å². The molecule has 1 aliphatic heterocycles. The molecule has 1 fully saturated rings. The maximum atomic E-state index is 12.3. The third-order valence-electron chi connectivity index (χ3n) is 3.17. The fourth-order valence-corrected chi connectivity index (χ4v) is 2.08. The molecule has 0 unspecified atom stereocenters. The van der Waals surface area contributed by atoms with Crippen LogP contribution in [0.25, 0.3) is 0 Å². The normalized spacial score (nSPS) is 21.9. The summed E-state index contributed by atoms with van der Waals surface area (Å²) in [5.41, 5.74) is -0.0284. The lowest BCUT2D eigenvalue weighted by molar-refractivity contribution is -0.384. The van der Waals surface area contributed by atoms with E-state index in [1.54, 1.807) is 0 Å². The van der Waals surface area contributed by atoms with E-state index in [0.717, 1.165) is 6.07 Å². The van der Waals surface area contributed by atoms with Gasteiger partial charge in [-0.1, -0.05) is 0 Å². The van der Waals surface area contributed by atoms with Crippen molar-refractivity contribution in [2.45, 2.75) is 12.2 Å². The zero-order valence-corrected chi connectivity index (χ0v) is 10.7. The molecule has 0 spiro atoms. The van der Waals surface area contributed by atoms with Crippen LogP contribution in [0.3, 0.4) is 0 Å². The molecule has 1 aromatic rings. The predicted molar refractivity (Wildman–Crippen MR) is 67.6 cm³/mol. The van der Waals surface area contributed by atoms with Gasteiger partial charge in [-0.05, 0) is 6.07 Å². The van der Waals surface area contributed by atoms with Crippen molar-refractivity contribution in [3.63, 3.8) is 0 Å². The fraction of sp³-hybridized carbons (Fsp3) is 0.417. The minimum atomic E-state index is -0.983. The molecule has 2 N–H and O–H groups in total. The van der Waals surface area contributed by atoms with Crippen LogP contribution >= 0.6 is 0 Å². The molecule has 0 radical (unpaired) electrons. The van der Waals surface area contributed by atoms with Crippen molar-refractivity contribution in [1.82, 2.24) is 4.90 Å². The number of aliphatic hydroxyl groups excluding tert-OH is 2. The molecule has 8 heteroatoms. The molecule has 2 atom stereocenters. The first-order chi connectivity index (χ1) is 9.43. The van der Waals surface area contributed by atoms with Gasteiger partial charge in [0.25, 0.3) is 11.6 Å². The van der Waals surface area contributed by atoms with Gasteiger partial charge >= 0.3 is 0 Å². The second-order valence-corrected chi connectivity index (χ2v) is 4.49. The molecule has 20 heavy (non-hydrogen) atoms. The number of nitro groups is 1. The van der Waals surface area contributed by atoms with Gasteiger partial charge < -0.3 is 19.8 Å². The van der Waals surface area contributed by atoms with Crippen LogP contribution in [-0.2, 0) is 0 Å². The summed E-state index contributed by atoms with van der Waals surface area (Å²) in [5.74, 6) is -0.368. The van der Waals surface area contributed by atoms with Crippen LogP contribution in [0.4, 0.5) is 5.69 Å². The number of carbonyl (C=O) groups excluding carboxylic acids is 1. The third kappa shape index (κ3) is 2.56. The Morgan fingerprint density at radius 1 is 1.40 bits per heavy atom. The van der Waals surface area contributed by atoms with Gasteiger partial charge in [-0.2, -0.15) is 0 Å². The first kappa shape index (κ1) is 14.2. The largest absolute Gasteiger partial charge is 0.496 e. The molecule has 2 rings (SSSR count). The molecule has 8 nitrogen and oxygen atoms in total. The molecule has 0 bridgehead atoms. The molecular weight excluding hydrogens is 268 g/mol. The number of rotatable bonds is 3. The number of nitro benzene ring substituents is 1. The molecule has 1 saturated heterocycles. The number of hydrogen-bond acceptors (Lipinski definition) is 6. The van der Waals surface area contributed by atoms with Gasteiger partial charge in [0.15, 0.2) is 0 Å². The second-order valence-electron chi connectivity index (χ2n) is 4.49. The zero-order chi connectivity index (χ0) is 14.9. The number of ether oxygens (including phenoxy) is 1. The number of hydrogen-bond donors (Lipinski definition) is 2. The Labute approximate surface area is 114 Å². The quantitative estimate of drug-likeness (QED) is 0.585. The Kier molecular flexibility index (Phi) is 3.86. The van der Waals surface area contributed by atoms with Gasteiger partial charge in [0.1, 0.15) is 5.75 Å². The maximum Gasteiger partial charge on any atom is 0.273 e. The minimum absolute atomic E-state index is 0.0140. The smallest absolute Gasteiger partial charge is 0.273 e. The van der Waals surface area contributed by atoms with Crippen molar-refractivity contribution >= 4 is 11.6 Å². The van der Waals surface area contributed by atoms with Gasteiger partial charge in [-0.15, -0.1) is 0 Å². The highest BCUT2D eigenvalue weighted by Crippen LogP contribution is 2.26. The molecule has 1 aliphatic rings. The summed E-state index contributed by atoms with van der Waals surface area (Å²) >= 11 is 0. The number of aliphatic hydroxyl groups is 2. The SMILES string of the molecule is COc1cc([N+](=O)[O-])ccc1C(=O)N1C[C@@H](O)[C@@H](O)C1.